The molecule has 2 aromatic rings. The van der Waals surface area contributed by atoms with Crippen molar-refractivity contribution >= 4 is 34.1 Å². The van der Waals surface area contributed by atoms with Gasteiger partial charge in [0.15, 0.2) is 6.10 Å². The summed E-state index contributed by atoms with van der Waals surface area (Å²) in [5.41, 5.74) is 1.07. The largest absolute Gasteiger partial charge is 0.467 e. The van der Waals surface area contributed by atoms with Crippen LogP contribution in [0.3, 0.4) is 0 Å². The van der Waals surface area contributed by atoms with Crippen LogP contribution in [0.1, 0.15) is 46.3 Å². The van der Waals surface area contributed by atoms with Crippen LogP contribution in [0.25, 0.3) is 0 Å². The van der Waals surface area contributed by atoms with Gasteiger partial charge in [-0.2, -0.15) is 0 Å². The average Bonchev–Trinajstić information content (AvgIpc) is 3.28. The molecule has 0 bridgehead atoms. The predicted octanol–water partition coefficient (Wildman–Crippen LogP) is 3.17. The first kappa shape index (κ1) is 19.2. The Kier molecular flexibility index (Phi) is 5.65. The van der Waals surface area contributed by atoms with Gasteiger partial charge in [-0.05, 0) is 51.3 Å². The molecule has 1 aliphatic carbocycles. The van der Waals surface area contributed by atoms with Gasteiger partial charge in [0.2, 0.25) is 5.91 Å². The van der Waals surface area contributed by atoms with Crippen molar-refractivity contribution in [2.24, 2.45) is 5.92 Å². The number of nitrogens with one attached hydrogen (secondary N) is 2. The first-order valence-electron chi connectivity index (χ1n) is 8.78. The highest BCUT2D eigenvalue weighted by Gasteiger charge is 2.32. The lowest BCUT2D eigenvalue weighted by atomic mass is 10.1. The van der Waals surface area contributed by atoms with Gasteiger partial charge in [-0.1, -0.05) is 0 Å². The molecule has 144 valence electrons. The molecule has 0 spiro atoms. The zero-order valence-electron chi connectivity index (χ0n) is 15.5. The number of hydrogen-bond acceptors (Lipinski definition) is 6. The van der Waals surface area contributed by atoms with E-state index in [1.54, 1.807) is 19.1 Å². The Morgan fingerprint density at radius 2 is 2.07 bits per heavy atom. The van der Waals surface area contributed by atoms with Crippen LogP contribution in [-0.4, -0.2) is 23.9 Å². The van der Waals surface area contributed by atoms with Crippen molar-refractivity contribution in [1.82, 2.24) is 5.32 Å². The van der Waals surface area contributed by atoms with Crippen molar-refractivity contribution in [1.29, 1.82) is 0 Å². The molecule has 7 nitrogen and oxygen atoms in total. The van der Waals surface area contributed by atoms with Gasteiger partial charge in [0.25, 0.3) is 5.91 Å². The topological polar surface area (TPSA) is 97.6 Å². The highest BCUT2D eigenvalue weighted by molar-refractivity contribution is 7.16. The summed E-state index contributed by atoms with van der Waals surface area (Å²) in [6.07, 6.45) is 2.30. The van der Waals surface area contributed by atoms with E-state index in [2.05, 4.69) is 10.6 Å². The summed E-state index contributed by atoms with van der Waals surface area (Å²) < 4.78 is 10.5. The van der Waals surface area contributed by atoms with Crippen LogP contribution in [-0.2, 0) is 20.9 Å². The Bertz CT molecular complexity index is 852. The number of furan rings is 1. The first-order chi connectivity index (χ1) is 12.9. The van der Waals surface area contributed by atoms with Crippen molar-refractivity contribution < 1.29 is 23.5 Å². The number of hydrogen-bond donors (Lipinski definition) is 2. The Morgan fingerprint density at radius 1 is 1.33 bits per heavy atom. The lowest BCUT2D eigenvalue weighted by Crippen LogP contribution is -2.35. The van der Waals surface area contributed by atoms with E-state index in [9.17, 15) is 14.4 Å². The third kappa shape index (κ3) is 4.57. The van der Waals surface area contributed by atoms with Crippen molar-refractivity contribution in [2.45, 2.75) is 46.3 Å². The summed E-state index contributed by atoms with van der Waals surface area (Å²) in [5.74, 6) is -0.481. The molecular weight excluding hydrogens is 368 g/mol. The van der Waals surface area contributed by atoms with E-state index in [4.69, 9.17) is 9.15 Å². The highest BCUT2D eigenvalue weighted by atomic mass is 32.1. The SMILES string of the molecule is Cc1sc(NC(=O)C2CC2)c(C(=O)O[C@H](C)C(=O)NCc2ccco2)c1C. The second-order valence-corrected chi connectivity index (χ2v) is 7.82. The molecule has 1 fully saturated rings. The monoisotopic (exact) mass is 390 g/mol. The fourth-order valence-corrected chi connectivity index (χ4v) is 3.58. The van der Waals surface area contributed by atoms with Crippen molar-refractivity contribution in [3.63, 3.8) is 0 Å². The summed E-state index contributed by atoms with van der Waals surface area (Å²) in [7, 11) is 0. The second-order valence-electron chi connectivity index (χ2n) is 6.60. The lowest BCUT2D eigenvalue weighted by Gasteiger charge is -2.14. The molecule has 2 aromatic heterocycles. The number of amides is 2. The molecule has 2 N–H and O–H groups in total. The molecular formula is C19H22N2O5S. The van der Waals surface area contributed by atoms with Gasteiger partial charge in [0.05, 0.1) is 18.4 Å². The molecule has 8 heteroatoms. The van der Waals surface area contributed by atoms with Crippen LogP contribution in [0.2, 0.25) is 0 Å². The zero-order chi connectivity index (χ0) is 19.6. The van der Waals surface area contributed by atoms with Crippen molar-refractivity contribution in [3.8, 4) is 0 Å². The smallest absolute Gasteiger partial charge is 0.342 e. The van der Waals surface area contributed by atoms with Crippen molar-refractivity contribution in [2.75, 3.05) is 5.32 Å². The van der Waals surface area contributed by atoms with Crippen LogP contribution in [0.4, 0.5) is 5.00 Å². The molecule has 3 rings (SSSR count). The van der Waals surface area contributed by atoms with E-state index in [-0.39, 0.29) is 18.4 Å². The first-order valence-corrected chi connectivity index (χ1v) is 9.60. The molecule has 27 heavy (non-hydrogen) atoms. The summed E-state index contributed by atoms with van der Waals surface area (Å²) in [6, 6.07) is 3.47. The van der Waals surface area contributed by atoms with Gasteiger partial charge < -0.3 is 19.8 Å². The number of rotatable bonds is 7. The van der Waals surface area contributed by atoms with Crippen LogP contribution >= 0.6 is 11.3 Å². The predicted molar refractivity (Wildman–Crippen MR) is 101 cm³/mol. The van der Waals surface area contributed by atoms with Gasteiger partial charge in [-0.25, -0.2) is 4.79 Å². The van der Waals surface area contributed by atoms with Crippen LogP contribution in [0, 0.1) is 19.8 Å². The molecule has 0 radical (unpaired) electrons. The number of carbonyl (C=O) groups is 3. The number of anilines is 1. The Labute approximate surface area is 161 Å². The molecule has 0 aliphatic heterocycles. The van der Waals surface area contributed by atoms with E-state index < -0.39 is 18.0 Å². The number of ether oxygens (including phenoxy) is 1. The summed E-state index contributed by atoms with van der Waals surface area (Å²) in [6.45, 7) is 5.40. The van der Waals surface area contributed by atoms with E-state index in [1.165, 1.54) is 24.5 Å². The Hall–Kier alpha value is -2.61. The number of aryl methyl sites for hydroxylation is 1. The highest BCUT2D eigenvalue weighted by Crippen LogP contribution is 2.36. The molecule has 2 amide bonds. The number of carbonyl (C=O) groups excluding carboxylic acids is 3. The van der Waals surface area contributed by atoms with Crippen LogP contribution in [0.15, 0.2) is 22.8 Å². The van der Waals surface area contributed by atoms with Gasteiger partial charge >= 0.3 is 5.97 Å². The number of esters is 1. The van der Waals surface area contributed by atoms with Crippen LogP contribution in [0.5, 0.6) is 0 Å². The molecule has 0 unspecified atom stereocenters. The average molecular weight is 390 g/mol. The van der Waals surface area contributed by atoms with Gasteiger partial charge in [-0.15, -0.1) is 11.3 Å². The Balaban J connectivity index is 1.64. The lowest BCUT2D eigenvalue weighted by molar-refractivity contribution is -0.129. The standard InChI is InChI=1S/C19H22N2O5S/c1-10-12(3)27-18(21-17(23)13-6-7-13)15(10)19(24)26-11(2)16(22)20-9-14-5-4-8-25-14/h4-5,8,11,13H,6-7,9H2,1-3H3,(H,20,22)(H,21,23)/t11-/m1/s1. The van der Waals surface area contributed by atoms with Crippen LogP contribution < -0.4 is 10.6 Å². The maximum absolute atomic E-state index is 12.6. The quantitative estimate of drug-likeness (QED) is 0.708. The molecule has 1 aliphatic rings. The molecule has 0 saturated heterocycles. The zero-order valence-corrected chi connectivity index (χ0v) is 16.3. The summed E-state index contributed by atoms with van der Waals surface area (Å²) in [5, 5.41) is 5.96. The number of thiophene rings is 1. The fraction of sp³-hybridized carbons (Fsp3) is 0.421. The van der Waals surface area contributed by atoms with Gasteiger partial charge in [-0.3, -0.25) is 9.59 Å². The third-order valence-electron chi connectivity index (χ3n) is 4.44. The van der Waals surface area contributed by atoms with Crippen molar-refractivity contribution in [3.05, 3.63) is 40.2 Å². The maximum atomic E-state index is 12.6. The van der Waals surface area contributed by atoms with Gasteiger partial charge in [0, 0.05) is 10.8 Å². The molecule has 2 heterocycles. The van der Waals surface area contributed by atoms with E-state index in [1.807, 2.05) is 6.92 Å². The minimum Gasteiger partial charge on any atom is -0.467 e. The molecule has 1 saturated carbocycles. The third-order valence-corrected chi connectivity index (χ3v) is 5.57. The molecule has 1 atom stereocenters. The maximum Gasteiger partial charge on any atom is 0.342 e. The summed E-state index contributed by atoms with van der Waals surface area (Å²) >= 11 is 1.34. The summed E-state index contributed by atoms with van der Waals surface area (Å²) in [4.78, 5) is 37.8. The minimum absolute atomic E-state index is 0.0304. The minimum atomic E-state index is -0.973. The second kappa shape index (κ2) is 7.96. The van der Waals surface area contributed by atoms with E-state index >= 15 is 0 Å². The van der Waals surface area contributed by atoms with E-state index in [0.29, 0.717) is 16.3 Å². The molecule has 0 aromatic carbocycles. The normalized spacial score (nSPS) is 14.5. The Morgan fingerprint density at radius 3 is 2.70 bits per heavy atom. The van der Waals surface area contributed by atoms with E-state index in [0.717, 1.165) is 23.3 Å². The fourth-order valence-electron chi connectivity index (χ4n) is 2.52. The van der Waals surface area contributed by atoms with Gasteiger partial charge in [0.1, 0.15) is 10.8 Å².